The van der Waals surface area contributed by atoms with Gasteiger partial charge in [-0.2, -0.15) is 0 Å². The number of hydrogen-bond donors (Lipinski definition) is 1. The molecule has 2 aromatic carbocycles. The van der Waals surface area contributed by atoms with Crippen LogP contribution in [0, 0.1) is 0 Å². The molecule has 2 aromatic rings. The first-order chi connectivity index (χ1) is 21.2. The monoisotopic (exact) mass is 635 g/mol. The Morgan fingerprint density at radius 2 is 1.75 bits per heavy atom. The molecule has 3 aliphatic rings. The number of fused-ring (bicyclic) bond motifs is 1. The van der Waals surface area contributed by atoms with Gasteiger partial charge < -0.3 is 14.8 Å². The Labute approximate surface area is 268 Å². The molecule has 8 nitrogen and oxygen atoms in total. The van der Waals surface area contributed by atoms with Crippen LogP contribution in [0.15, 0.2) is 83.4 Å². The van der Waals surface area contributed by atoms with E-state index in [-0.39, 0.29) is 11.6 Å². The molecule has 0 bridgehead atoms. The second-order valence-electron chi connectivity index (χ2n) is 12.1. The molecule has 2 fully saturated rings. The molecule has 234 valence electrons. The quantitative estimate of drug-likeness (QED) is 0.247. The summed E-state index contributed by atoms with van der Waals surface area (Å²) in [5, 5.41) is 4.30. The Kier molecular flexibility index (Phi) is 10.4. The number of ether oxygens (including phenoxy) is 2. The number of allylic oxidation sites excluding steroid dienone is 1. The topological polar surface area (TPSA) is 88.2 Å². The molecular formula is C34H41N3O5S2. The van der Waals surface area contributed by atoms with E-state index in [1.807, 2.05) is 72.1 Å². The number of carbonyl (C=O) groups excluding carboxylic acids is 3. The standard InChI is InChI=1S/C34H41N3O5S2/c1-5-36-19-12-17-26(36)22-43-20-18-25-21-44-31-27(35-33(40)42-34(2,3)4)30(38)37(31)28(25)32(39)41-29(23-13-8-6-9-14-23)24-15-10-7-11-16-24/h6-11,13-16,18,20,26-27,29,31H,5,12,17,19,21-22H2,1-4H3,(H,35,40)/t26-,27+,31+/m0/s1. The van der Waals surface area contributed by atoms with Gasteiger partial charge in [0.05, 0.1) is 0 Å². The third-order valence-electron chi connectivity index (χ3n) is 7.85. The van der Waals surface area contributed by atoms with E-state index in [1.54, 1.807) is 32.5 Å². The number of carbonyl (C=O) groups is 3. The van der Waals surface area contributed by atoms with Gasteiger partial charge in [-0.3, -0.25) is 14.6 Å². The van der Waals surface area contributed by atoms with Crippen molar-refractivity contribution in [2.45, 2.75) is 69.7 Å². The highest BCUT2D eigenvalue weighted by molar-refractivity contribution is 8.02. The summed E-state index contributed by atoms with van der Waals surface area (Å²) in [4.78, 5) is 44.1. The fourth-order valence-corrected chi connectivity index (χ4v) is 8.03. The van der Waals surface area contributed by atoms with Crippen LogP contribution in [0.25, 0.3) is 0 Å². The van der Waals surface area contributed by atoms with Crippen LogP contribution >= 0.6 is 23.5 Å². The zero-order chi connectivity index (χ0) is 31.3. The zero-order valence-corrected chi connectivity index (χ0v) is 27.4. The van der Waals surface area contributed by atoms with E-state index >= 15 is 0 Å². The van der Waals surface area contributed by atoms with E-state index in [9.17, 15) is 14.4 Å². The van der Waals surface area contributed by atoms with Crippen LogP contribution in [0.4, 0.5) is 4.79 Å². The third kappa shape index (κ3) is 7.53. The van der Waals surface area contributed by atoms with Gasteiger partial charge in [0.15, 0.2) is 6.10 Å². The molecule has 2 amide bonds. The van der Waals surface area contributed by atoms with Gasteiger partial charge in [-0.15, -0.1) is 23.5 Å². The minimum absolute atomic E-state index is 0.228. The van der Waals surface area contributed by atoms with Crippen LogP contribution < -0.4 is 5.32 Å². The molecule has 0 aliphatic carbocycles. The van der Waals surface area contributed by atoms with Crippen molar-refractivity contribution in [3.63, 3.8) is 0 Å². The number of benzene rings is 2. The van der Waals surface area contributed by atoms with Crippen LogP contribution in [0.5, 0.6) is 0 Å². The smallest absolute Gasteiger partial charge is 0.408 e. The molecule has 0 radical (unpaired) electrons. The van der Waals surface area contributed by atoms with Gasteiger partial charge in [-0.25, -0.2) is 9.59 Å². The van der Waals surface area contributed by atoms with Crippen molar-refractivity contribution in [3.05, 3.63) is 94.5 Å². The summed E-state index contributed by atoms with van der Waals surface area (Å²) in [6.45, 7) is 9.70. The number of esters is 1. The number of alkyl carbamates (subject to hydrolysis) is 1. The minimum Gasteiger partial charge on any atom is -0.448 e. The first-order valence-corrected chi connectivity index (χ1v) is 17.3. The van der Waals surface area contributed by atoms with Crippen LogP contribution in [0.1, 0.15) is 57.8 Å². The molecule has 1 N–H and O–H groups in total. The highest BCUT2D eigenvalue weighted by Crippen LogP contribution is 2.42. The second kappa shape index (κ2) is 14.3. The number of likely N-dealkylation sites (tertiary alicyclic amines) is 1. The highest BCUT2D eigenvalue weighted by Gasteiger charge is 2.54. The fraction of sp³-hybridized carbons (Fsp3) is 0.441. The average molecular weight is 636 g/mol. The number of nitrogens with zero attached hydrogens (tertiary/aromatic N) is 2. The summed E-state index contributed by atoms with van der Waals surface area (Å²) >= 11 is 3.24. The van der Waals surface area contributed by atoms with Gasteiger partial charge in [-0.05, 0) is 74.9 Å². The maximum atomic E-state index is 14.1. The van der Waals surface area contributed by atoms with Gasteiger partial charge >= 0.3 is 12.1 Å². The predicted octanol–water partition coefficient (Wildman–Crippen LogP) is 6.11. The molecule has 0 spiro atoms. The number of amides is 2. The van der Waals surface area contributed by atoms with E-state index in [4.69, 9.17) is 9.47 Å². The zero-order valence-electron chi connectivity index (χ0n) is 25.7. The molecule has 0 unspecified atom stereocenters. The van der Waals surface area contributed by atoms with Crippen molar-refractivity contribution in [2.24, 2.45) is 0 Å². The molecule has 0 aromatic heterocycles. The van der Waals surface area contributed by atoms with Crippen LogP contribution in [0.3, 0.4) is 0 Å². The van der Waals surface area contributed by atoms with Gasteiger partial charge in [0.2, 0.25) is 0 Å². The lowest BCUT2D eigenvalue weighted by Gasteiger charge is -2.49. The van der Waals surface area contributed by atoms with Crippen molar-refractivity contribution < 1.29 is 23.9 Å². The Morgan fingerprint density at radius 3 is 2.36 bits per heavy atom. The van der Waals surface area contributed by atoms with E-state index < -0.39 is 35.2 Å². The molecule has 44 heavy (non-hydrogen) atoms. The van der Waals surface area contributed by atoms with E-state index in [2.05, 4.69) is 17.1 Å². The van der Waals surface area contributed by atoms with Crippen molar-refractivity contribution in [1.29, 1.82) is 0 Å². The first-order valence-electron chi connectivity index (χ1n) is 15.2. The normalized spacial score (nSPS) is 22.2. The van der Waals surface area contributed by atoms with E-state index in [1.165, 1.54) is 29.5 Å². The second-order valence-corrected chi connectivity index (χ2v) is 14.1. The van der Waals surface area contributed by atoms with Gasteiger partial charge in [0, 0.05) is 17.5 Å². The molecule has 3 aliphatic heterocycles. The maximum Gasteiger partial charge on any atom is 0.408 e. The lowest BCUT2D eigenvalue weighted by Crippen LogP contribution is -2.70. The van der Waals surface area contributed by atoms with Crippen molar-refractivity contribution >= 4 is 41.5 Å². The number of hydrogen-bond acceptors (Lipinski definition) is 8. The highest BCUT2D eigenvalue weighted by atomic mass is 32.2. The van der Waals surface area contributed by atoms with Gasteiger partial charge in [-0.1, -0.05) is 67.6 Å². The summed E-state index contributed by atoms with van der Waals surface area (Å²) in [7, 11) is 0. The molecule has 10 heteroatoms. The first kappa shape index (κ1) is 32.2. The Bertz CT molecular complexity index is 1350. The predicted molar refractivity (Wildman–Crippen MR) is 176 cm³/mol. The lowest BCUT2D eigenvalue weighted by molar-refractivity contribution is -0.153. The minimum atomic E-state index is -0.793. The summed E-state index contributed by atoms with van der Waals surface area (Å²) in [6.07, 6.45) is 3.05. The van der Waals surface area contributed by atoms with Crippen molar-refractivity contribution in [1.82, 2.24) is 15.1 Å². The van der Waals surface area contributed by atoms with Crippen molar-refractivity contribution in [2.75, 3.05) is 24.6 Å². The molecule has 5 rings (SSSR count). The molecule has 3 heterocycles. The largest absolute Gasteiger partial charge is 0.448 e. The van der Waals surface area contributed by atoms with Crippen LogP contribution in [-0.4, -0.2) is 75.4 Å². The number of β-lactam (4-membered cyclic amide) rings is 1. The van der Waals surface area contributed by atoms with E-state index in [0.29, 0.717) is 11.8 Å². The Balaban J connectivity index is 1.40. The molecule has 2 saturated heterocycles. The molecule has 0 saturated carbocycles. The number of nitrogens with one attached hydrogen (secondary N) is 1. The Morgan fingerprint density at radius 1 is 1.09 bits per heavy atom. The summed E-state index contributed by atoms with van der Waals surface area (Å²) in [5.74, 6) is 0.532. The number of thioether (sulfide) groups is 2. The fourth-order valence-electron chi connectivity index (χ4n) is 5.74. The average Bonchev–Trinajstić information content (AvgIpc) is 3.48. The Hall–Kier alpha value is -3.21. The van der Waals surface area contributed by atoms with Crippen molar-refractivity contribution in [3.8, 4) is 0 Å². The van der Waals surface area contributed by atoms with Crippen LogP contribution in [0.2, 0.25) is 0 Å². The summed E-state index contributed by atoms with van der Waals surface area (Å²) in [6, 6.07) is 18.9. The SMILES string of the molecule is CCN1CCC[C@H]1CSC=CC1=C(C(=O)OC(c2ccccc2)c2ccccc2)N2C(=O)[C@@H](NC(=O)OC(C)(C)C)[C@H]2SC1. The number of rotatable bonds is 10. The van der Waals surface area contributed by atoms with E-state index in [0.717, 1.165) is 35.5 Å². The van der Waals surface area contributed by atoms with Gasteiger partial charge in [0.1, 0.15) is 22.7 Å². The summed E-state index contributed by atoms with van der Waals surface area (Å²) < 4.78 is 11.6. The lowest BCUT2D eigenvalue weighted by atomic mass is 10.0. The van der Waals surface area contributed by atoms with Crippen LogP contribution in [-0.2, 0) is 19.1 Å². The molecular weight excluding hydrogens is 595 g/mol. The maximum absolute atomic E-state index is 14.1. The third-order valence-corrected chi connectivity index (χ3v) is 10.1. The summed E-state index contributed by atoms with van der Waals surface area (Å²) in [5.41, 5.74) is 1.92. The molecule has 3 atom stereocenters. The van der Waals surface area contributed by atoms with Gasteiger partial charge in [0.25, 0.3) is 5.91 Å².